The molecule has 0 saturated carbocycles. The highest BCUT2D eigenvalue weighted by Crippen LogP contribution is 2.38. The number of nitro benzene ring substituents is 1. The molecule has 10 heteroatoms. The highest BCUT2D eigenvalue weighted by Gasteiger charge is 2.36. The van der Waals surface area contributed by atoms with Crippen molar-refractivity contribution in [1.29, 1.82) is 0 Å². The number of carbonyl (C=O) groups excluding carboxylic acids is 2. The minimum Gasteiger partial charge on any atom is -0.485 e. The Morgan fingerprint density at radius 3 is 2.32 bits per heavy atom. The molecule has 28 heavy (non-hydrogen) atoms. The lowest BCUT2D eigenvalue weighted by Gasteiger charge is -2.13. The van der Waals surface area contributed by atoms with Crippen molar-refractivity contribution in [2.24, 2.45) is 0 Å². The zero-order chi connectivity index (χ0) is 20.9. The Morgan fingerprint density at radius 1 is 1.14 bits per heavy atom. The molecule has 1 amide bonds. The van der Waals surface area contributed by atoms with Gasteiger partial charge in [0.1, 0.15) is 11.3 Å². The molecule has 0 saturated heterocycles. The van der Waals surface area contributed by atoms with Crippen LogP contribution in [0, 0.1) is 10.1 Å². The average Bonchev–Trinajstić information content (AvgIpc) is 2.65. The number of hydrogen-bond donors (Lipinski definition) is 1. The Kier molecular flexibility index (Phi) is 6.34. The molecule has 0 fully saturated rings. The standard InChI is InChI=1S/C18H15F3N2O5/c1-2-17(25)22-12-5-3-11(4-6-12)15(24)10-28-16-8-7-13(23(26)27)9-14(16)18(19,20)21/h3-9H,2,10H2,1H3,(H,22,25). The van der Waals surface area contributed by atoms with Crippen molar-refractivity contribution in [2.45, 2.75) is 19.5 Å². The summed E-state index contributed by atoms with van der Waals surface area (Å²) < 4.78 is 44.2. The van der Waals surface area contributed by atoms with E-state index in [-0.39, 0.29) is 17.9 Å². The van der Waals surface area contributed by atoms with E-state index in [9.17, 15) is 32.9 Å². The van der Waals surface area contributed by atoms with Crippen LogP contribution < -0.4 is 10.1 Å². The smallest absolute Gasteiger partial charge is 0.420 e. The lowest BCUT2D eigenvalue weighted by molar-refractivity contribution is -0.385. The van der Waals surface area contributed by atoms with Gasteiger partial charge in [0.05, 0.1) is 4.92 Å². The first-order chi connectivity index (χ1) is 13.1. The van der Waals surface area contributed by atoms with E-state index in [4.69, 9.17) is 4.74 Å². The number of anilines is 1. The molecule has 0 heterocycles. The lowest BCUT2D eigenvalue weighted by Crippen LogP contribution is -2.15. The van der Waals surface area contributed by atoms with Crippen molar-refractivity contribution in [1.82, 2.24) is 0 Å². The lowest BCUT2D eigenvalue weighted by atomic mass is 10.1. The Balaban J connectivity index is 2.12. The third-order valence-electron chi connectivity index (χ3n) is 3.65. The molecule has 7 nitrogen and oxygen atoms in total. The second-order valence-electron chi connectivity index (χ2n) is 5.63. The monoisotopic (exact) mass is 396 g/mol. The van der Waals surface area contributed by atoms with E-state index >= 15 is 0 Å². The van der Waals surface area contributed by atoms with E-state index in [1.165, 1.54) is 24.3 Å². The van der Waals surface area contributed by atoms with Gasteiger partial charge in [-0.3, -0.25) is 19.7 Å². The number of nitrogens with one attached hydrogen (secondary N) is 1. The van der Waals surface area contributed by atoms with E-state index in [1.807, 2.05) is 0 Å². The van der Waals surface area contributed by atoms with Crippen molar-refractivity contribution >= 4 is 23.1 Å². The Labute approximate surface area is 157 Å². The first kappa shape index (κ1) is 20.9. The Bertz CT molecular complexity index is 895. The molecule has 0 aliphatic rings. The van der Waals surface area contributed by atoms with Gasteiger partial charge < -0.3 is 10.1 Å². The number of carbonyl (C=O) groups is 2. The van der Waals surface area contributed by atoms with Gasteiger partial charge in [-0.1, -0.05) is 6.92 Å². The van der Waals surface area contributed by atoms with Gasteiger partial charge in [0.15, 0.2) is 12.4 Å². The number of alkyl halides is 3. The molecular weight excluding hydrogens is 381 g/mol. The topological polar surface area (TPSA) is 98.5 Å². The molecule has 0 spiro atoms. The van der Waals surface area contributed by atoms with Crippen molar-refractivity contribution < 1.29 is 32.4 Å². The van der Waals surface area contributed by atoms with Crippen LogP contribution in [0.1, 0.15) is 29.3 Å². The van der Waals surface area contributed by atoms with Crippen molar-refractivity contribution in [3.8, 4) is 5.75 Å². The number of nitrogens with zero attached hydrogens (tertiary/aromatic N) is 1. The summed E-state index contributed by atoms with van der Waals surface area (Å²) in [5, 5.41) is 13.3. The summed E-state index contributed by atoms with van der Waals surface area (Å²) in [4.78, 5) is 33.2. The highest BCUT2D eigenvalue weighted by atomic mass is 19.4. The molecule has 0 unspecified atom stereocenters. The van der Waals surface area contributed by atoms with E-state index in [0.717, 1.165) is 12.1 Å². The minimum absolute atomic E-state index is 0.171. The van der Waals surface area contributed by atoms with Gasteiger partial charge in [-0.15, -0.1) is 0 Å². The summed E-state index contributed by atoms with van der Waals surface area (Å²) in [6, 6.07) is 7.78. The molecule has 0 atom stereocenters. The zero-order valence-corrected chi connectivity index (χ0v) is 14.6. The summed E-state index contributed by atoms with van der Waals surface area (Å²) in [5.74, 6) is -1.49. The SMILES string of the molecule is CCC(=O)Nc1ccc(C(=O)COc2ccc([N+](=O)[O-])cc2C(F)(F)F)cc1. The summed E-state index contributed by atoms with van der Waals surface area (Å²) in [6.45, 7) is 0.986. The van der Waals surface area contributed by atoms with Crippen LogP contribution in [0.4, 0.5) is 24.5 Å². The number of hydrogen-bond acceptors (Lipinski definition) is 5. The maximum atomic E-state index is 13.1. The molecular formula is C18H15F3N2O5. The van der Waals surface area contributed by atoms with Crippen molar-refractivity contribution in [3.63, 3.8) is 0 Å². The maximum absolute atomic E-state index is 13.1. The van der Waals surface area contributed by atoms with Crippen LogP contribution in [0.2, 0.25) is 0 Å². The van der Waals surface area contributed by atoms with Crippen LogP contribution in [0.3, 0.4) is 0 Å². The molecule has 0 radical (unpaired) electrons. The minimum atomic E-state index is -4.89. The van der Waals surface area contributed by atoms with E-state index in [2.05, 4.69) is 5.32 Å². The van der Waals surface area contributed by atoms with Crippen LogP contribution in [0.15, 0.2) is 42.5 Å². The van der Waals surface area contributed by atoms with Gasteiger partial charge in [-0.05, 0) is 30.3 Å². The summed E-state index contributed by atoms with van der Waals surface area (Å²) in [7, 11) is 0. The number of amides is 1. The molecule has 2 aromatic rings. The number of ether oxygens (including phenoxy) is 1. The molecule has 0 aliphatic carbocycles. The highest BCUT2D eigenvalue weighted by molar-refractivity contribution is 5.98. The third kappa shape index (κ3) is 5.29. The number of halogens is 3. The Hall–Kier alpha value is -3.43. The van der Waals surface area contributed by atoms with Crippen LogP contribution in [-0.4, -0.2) is 23.2 Å². The number of ketones is 1. The fraction of sp³-hybridized carbons (Fsp3) is 0.222. The van der Waals surface area contributed by atoms with Crippen molar-refractivity contribution in [3.05, 3.63) is 63.7 Å². The van der Waals surface area contributed by atoms with Gasteiger partial charge in [0.25, 0.3) is 5.69 Å². The fourth-order valence-electron chi connectivity index (χ4n) is 2.19. The number of benzene rings is 2. The van der Waals surface area contributed by atoms with Gasteiger partial charge in [-0.25, -0.2) is 0 Å². The number of nitro groups is 1. The second kappa shape index (κ2) is 8.51. The van der Waals surface area contributed by atoms with Crippen LogP contribution in [0.25, 0.3) is 0 Å². The normalized spacial score (nSPS) is 11.0. The predicted molar refractivity (Wildman–Crippen MR) is 93.3 cm³/mol. The van der Waals surface area contributed by atoms with Crippen LogP contribution >= 0.6 is 0 Å². The molecule has 148 valence electrons. The number of rotatable bonds is 7. The van der Waals surface area contributed by atoms with Crippen molar-refractivity contribution in [2.75, 3.05) is 11.9 Å². The summed E-state index contributed by atoms with van der Waals surface area (Å²) >= 11 is 0. The molecule has 2 aromatic carbocycles. The molecule has 0 bridgehead atoms. The first-order valence-electron chi connectivity index (χ1n) is 8.03. The van der Waals surface area contributed by atoms with Crippen LogP contribution in [0.5, 0.6) is 5.75 Å². The van der Waals surface area contributed by atoms with E-state index in [1.54, 1.807) is 6.92 Å². The largest absolute Gasteiger partial charge is 0.485 e. The molecule has 1 N–H and O–H groups in total. The zero-order valence-electron chi connectivity index (χ0n) is 14.6. The first-order valence-corrected chi connectivity index (χ1v) is 8.03. The van der Waals surface area contributed by atoms with E-state index < -0.39 is 40.5 Å². The van der Waals surface area contributed by atoms with Gasteiger partial charge in [0.2, 0.25) is 5.91 Å². The number of non-ortho nitro benzene ring substituents is 1. The quantitative estimate of drug-likeness (QED) is 0.429. The predicted octanol–water partition coefficient (Wildman–Crippen LogP) is 4.22. The van der Waals surface area contributed by atoms with Gasteiger partial charge >= 0.3 is 6.18 Å². The summed E-state index contributed by atoms with van der Waals surface area (Å²) in [5.41, 5.74) is -1.44. The fourth-order valence-corrected chi connectivity index (χ4v) is 2.19. The molecule has 0 aromatic heterocycles. The Morgan fingerprint density at radius 2 is 1.79 bits per heavy atom. The van der Waals surface area contributed by atoms with Gasteiger partial charge in [0, 0.05) is 29.8 Å². The van der Waals surface area contributed by atoms with Gasteiger partial charge in [-0.2, -0.15) is 13.2 Å². The molecule has 2 rings (SSSR count). The maximum Gasteiger partial charge on any atom is 0.420 e. The second-order valence-corrected chi connectivity index (χ2v) is 5.63. The van der Waals surface area contributed by atoms with E-state index in [0.29, 0.717) is 11.8 Å². The molecule has 0 aliphatic heterocycles. The summed E-state index contributed by atoms with van der Waals surface area (Å²) in [6.07, 6.45) is -4.60. The third-order valence-corrected chi connectivity index (χ3v) is 3.65. The average molecular weight is 396 g/mol. The van der Waals surface area contributed by atoms with Crippen LogP contribution in [-0.2, 0) is 11.0 Å². The number of Topliss-reactive ketones (excluding diaryl/α,β-unsaturated/α-hetero) is 1.